The van der Waals surface area contributed by atoms with Crippen LogP contribution in [0.2, 0.25) is 0 Å². The maximum Gasteiger partial charge on any atom is 0.220 e. The van der Waals surface area contributed by atoms with E-state index >= 15 is 0 Å². The van der Waals surface area contributed by atoms with E-state index in [1.807, 2.05) is 18.4 Å². The average Bonchev–Trinajstić information content (AvgIpc) is 2.60. The maximum atomic E-state index is 11.5. The van der Waals surface area contributed by atoms with Crippen LogP contribution in [0.3, 0.4) is 0 Å². The summed E-state index contributed by atoms with van der Waals surface area (Å²) in [7, 11) is 0. The number of halogens is 1. The Morgan fingerprint density at radius 3 is 3.00 bits per heavy atom. The minimum Gasteiger partial charge on any atom is -0.351 e. The van der Waals surface area contributed by atoms with Gasteiger partial charge in [0, 0.05) is 21.8 Å². The van der Waals surface area contributed by atoms with E-state index in [2.05, 4.69) is 21.2 Å². The zero-order valence-corrected chi connectivity index (χ0v) is 11.7. The molecule has 1 heterocycles. The van der Waals surface area contributed by atoms with Gasteiger partial charge in [0.15, 0.2) is 0 Å². The first kappa shape index (κ1) is 13.7. The van der Waals surface area contributed by atoms with E-state index < -0.39 is 0 Å². The highest BCUT2D eigenvalue weighted by Crippen LogP contribution is 2.22. The van der Waals surface area contributed by atoms with Crippen molar-refractivity contribution in [3.05, 3.63) is 20.8 Å². The second-order valence-electron chi connectivity index (χ2n) is 3.84. The molecule has 0 aliphatic carbocycles. The number of nitrogens with one attached hydrogen (secondary N) is 1. The van der Waals surface area contributed by atoms with E-state index in [0.717, 1.165) is 22.2 Å². The Bertz CT molecular complexity index is 338. The molecule has 0 saturated heterocycles. The summed E-state index contributed by atoms with van der Waals surface area (Å²) in [5.74, 6) is 0.0981. The molecule has 1 aromatic heterocycles. The van der Waals surface area contributed by atoms with Crippen molar-refractivity contribution < 1.29 is 4.79 Å². The molecular weight excluding hydrogens is 288 g/mol. The highest BCUT2D eigenvalue weighted by atomic mass is 79.9. The van der Waals surface area contributed by atoms with Gasteiger partial charge in [0.2, 0.25) is 5.91 Å². The Morgan fingerprint density at radius 2 is 2.44 bits per heavy atom. The van der Waals surface area contributed by atoms with Crippen molar-refractivity contribution in [1.29, 1.82) is 0 Å². The van der Waals surface area contributed by atoms with Crippen molar-refractivity contribution in [2.24, 2.45) is 5.73 Å². The predicted molar refractivity (Wildman–Crippen MR) is 71.4 cm³/mol. The molecule has 0 bridgehead atoms. The Balaban J connectivity index is 2.18. The molecule has 90 valence electrons. The number of nitrogens with two attached hydrogens (primary N) is 1. The first-order valence-corrected chi connectivity index (χ1v) is 7.01. The molecule has 0 spiro atoms. The molecule has 1 amide bonds. The van der Waals surface area contributed by atoms with Crippen molar-refractivity contribution in [3.63, 3.8) is 0 Å². The van der Waals surface area contributed by atoms with Gasteiger partial charge in [-0.3, -0.25) is 4.79 Å². The van der Waals surface area contributed by atoms with Gasteiger partial charge in [-0.15, -0.1) is 11.3 Å². The number of hydrogen-bond donors (Lipinski definition) is 2. The minimum absolute atomic E-state index is 0.0981. The van der Waals surface area contributed by atoms with Crippen molar-refractivity contribution in [2.45, 2.75) is 38.8 Å². The molecule has 16 heavy (non-hydrogen) atoms. The monoisotopic (exact) mass is 304 g/mol. The third kappa shape index (κ3) is 5.09. The van der Waals surface area contributed by atoms with Crippen molar-refractivity contribution in [2.75, 3.05) is 0 Å². The van der Waals surface area contributed by atoms with Crippen LogP contribution in [0.4, 0.5) is 0 Å². The van der Waals surface area contributed by atoms with E-state index in [9.17, 15) is 4.79 Å². The fraction of sp³-hybridized carbons (Fsp3) is 0.545. The van der Waals surface area contributed by atoms with Gasteiger partial charge < -0.3 is 11.1 Å². The zero-order chi connectivity index (χ0) is 12.0. The Labute approximate surface area is 109 Å². The molecule has 1 aromatic rings. The van der Waals surface area contributed by atoms with E-state index in [4.69, 9.17) is 5.73 Å². The fourth-order valence-corrected chi connectivity index (χ4v) is 2.74. The summed E-state index contributed by atoms with van der Waals surface area (Å²) in [6.07, 6.45) is 2.32. The molecule has 1 rings (SSSR count). The SMILES string of the molecule is CC(N)CCCC(=O)NCc1sccc1Br. The smallest absolute Gasteiger partial charge is 0.220 e. The molecule has 5 heteroatoms. The standard InChI is InChI=1S/C11H17BrN2OS/c1-8(13)3-2-4-11(15)14-7-10-9(12)5-6-16-10/h5-6,8H,2-4,7,13H2,1H3,(H,14,15). The van der Waals surface area contributed by atoms with Crippen LogP contribution < -0.4 is 11.1 Å². The van der Waals surface area contributed by atoms with Gasteiger partial charge in [0.1, 0.15) is 0 Å². The van der Waals surface area contributed by atoms with Crippen molar-refractivity contribution in [1.82, 2.24) is 5.32 Å². The number of carbonyl (C=O) groups is 1. The molecule has 0 aromatic carbocycles. The summed E-state index contributed by atoms with van der Waals surface area (Å²) in [5, 5.41) is 4.90. The highest BCUT2D eigenvalue weighted by Gasteiger charge is 2.05. The third-order valence-corrected chi connectivity index (χ3v) is 4.13. The summed E-state index contributed by atoms with van der Waals surface area (Å²) in [5.41, 5.74) is 5.61. The van der Waals surface area contributed by atoms with Crippen LogP contribution in [0.25, 0.3) is 0 Å². The largest absolute Gasteiger partial charge is 0.351 e. The quantitative estimate of drug-likeness (QED) is 0.849. The first-order chi connectivity index (χ1) is 7.59. The van der Waals surface area contributed by atoms with E-state index in [1.54, 1.807) is 11.3 Å². The van der Waals surface area contributed by atoms with E-state index in [1.165, 1.54) is 0 Å². The molecule has 0 aliphatic heterocycles. The topological polar surface area (TPSA) is 55.1 Å². The van der Waals surface area contributed by atoms with Crippen LogP contribution in [0, 0.1) is 0 Å². The molecule has 0 aliphatic rings. The molecule has 3 nitrogen and oxygen atoms in total. The van der Waals surface area contributed by atoms with Crippen LogP contribution in [-0.2, 0) is 11.3 Å². The normalized spacial score (nSPS) is 12.4. The summed E-state index contributed by atoms with van der Waals surface area (Å²) in [4.78, 5) is 12.6. The average molecular weight is 305 g/mol. The van der Waals surface area contributed by atoms with Crippen LogP contribution in [0.1, 0.15) is 31.1 Å². The van der Waals surface area contributed by atoms with Crippen LogP contribution in [0.15, 0.2) is 15.9 Å². The van der Waals surface area contributed by atoms with Gasteiger partial charge in [-0.05, 0) is 47.1 Å². The lowest BCUT2D eigenvalue weighted by Gasteiger charge is -2.06. The van der Waals surface area contributed by atoms with Gasteiger partial charge in [-0.25, -0.2) is 0 Å². The Kier molecular flexibility index (Phi) is 6.01. The summed E-state index contributed by atoms with van der Waals surface area (Å²) >= 11 is 5.07. The van der Waals surface area contributed by atoms with Gasteiger partial charge in [-0.2, -0.15) is 0 Å². The second kappa shape index (κ2) is 7.04. The van der Waals surface area contributed by atoms with Crippen molar-refractivity contribution >= 4 is 33.2 Å². The molecule has 1 atom stereocenters. The van der Waals surface area contributed by atoms with E-state index in [0.29, 0.717) is 13.0 Å². The number of carbonyl (C=O) groups excluding carboxylic acids is 1. The third-order valence-electron chi connectivity index (χ3n) is 2.20. The number of hydrogen-bond acceptors (Lipinski definition) is 3. The molecule has 1 unspecified atom stereocenters. The second-order valence-corrected chi connectivity index (χ2v) is 5.69. The predicted octanol–water partition coefficient (Wildman–Crippen LogP) is 2.64. The van der Waals surface area contributed by atoms with Crippen LogP contribution in [0.5, 0.6) is 0 Å². The van der Waals surface area contributed by atoms with Gasteiger partial charge >= 0.3 is 0 Å². The lowest BCUT2D eigenvalue weighted by molar-refractivity contribution is -0.121. The van der Waals surface area contributed by atoms with E-state index in [-0.39, 0.29) is 11.9 Å². The van der Waals surface area contributed by atoms with Crippen LogP contribution in [-0.4, -0.2) is 11.9 Å². The van der Waals surface area contributed by atoms with Gasteiger partial charge in [-0.1, -0.05) is 0 Å². The van der Waals surface area contributed by atoms with Gasteiger partial charge in [0.05, 0.1) is 6.54 Å². The highest BCUT2D eigenvalue weighted by molar-refractivity contribution is 9.10. The minimum atomic E-state index is 0.0981. The van der Waals surface area contributed by atoms with Crippen molar-refractivity contribution in [3.8, 4) is 0 Å². The van der Waals surface area contributed by atoms with Gasteiger partial charge in [0.25, 0.3) is 0 Å². The summed E-state index contributed by atoms with van der Waals surface area (Å²) in [6, 6.07) is 2.17. The number of thiophene rings is 1. The zero-order valence-electron chi connectivity index (χ0n) is 9.33. The molecule has 3 N–H and O–H groups in total. The Hall–Kier alpha value is -0.390. The lowest BCUT2D eigenvalue weighted by atomic mass is 10.1. The molecule has 0 fully saturated rings. The maximum absolute atomic E-state index is 11.5. The summed E-state index contributed by atoms with van der Waals surface area (Å²) in [6.45, 7) is 2.57. The molecular formula is C11H17BrN2OS. The number of amides is 1. The summed E-state index contributed by atoms with van der Waals surface area (Å²) < 4.78 is 1.06. The lowest BCUT2D eigenvalue weighted by Crippen LogP contribution is -2.23. The Morgan fingerprint density at radius 1 is 1.69 bits per heavy atom. The molecule has 0 saturated carbocycles. The first-order valence-electron chi connectivity index (χ1n) is 5.33. The number of rotatable bonds is 6. The van der Waals surface area contributed by atoms with Crippen LogP contribution >= 0.6 is 27.3 Å². The fourth-order valence-electron chi connectivity index (χ4n) is 1.30. The molecule has 0 radical (unpaired) electrons.